The Hall–Kier alpha value is -3.30. The summed E-state index contributed by atoms with van der Waals surface area (Å²) in [7, 11) is 1.59. The lowest BCUT2D eigenvalue weighted by atomic mass is 10.2. The number of tetrazole rings is 1. The maximum absolute atomic E-state index is 10.6. The molecule has 0 radical (unpaired) electrons. The average Bonchev–Trinajstić information content (AvgIpc) is 3.22. The monoisotopic (exact) mass is 315 g/mol. The van der Waals surface area contributed by atoms with Gasteiger partial charge in [-0.3, -0.25) is 14.8 Å². The fourth-order valence-electron chi connectivity index (χ4n) is 1.98. The van der Waals surface area contributed by atoms with Gasteiger partial charge in [0.15, 0.2) is 0 Å². The summed E-state index contributed by atoms with van der Waals surface area (Å²) in [4.78, 5) is 11.5. The zero-order valence-electron chi connectivity index (χ0n) is 12.2. The van der Waals surface area contributed by atoms with E-state index in [0.29, 0.717) is 24.7 Å². The van der Waals surface area contributed by atoms with E-state index in [1.807, 2.05) is 24.3 Å². The van der Waals surface area contributed by atoms with Crippen molar-refractivity contribution in [2.24, 2.45) is 0 Å². The van der Waals surface area contributed by atoms with E-state index < -0.39 is 4.92 Å². The Morgan fingerprint density at radius 2 is 2.22 bits per heavy atom. The summed E-state index contributed by atoms with van der Waals surface area (Å²) in [6.07, 6.45) is 2.57. The summed E-state index contributed by atoms with van der Waals surface area (Å²) in [5.74, 6) is 1.19. The highest BCUT2D eigenvalue weighted by atomic mass is 16.6. The molecule has 0 aliphatic heterocycles. The standard InChI is InChI=1S/C13H13N7O3/c1-23-12-4-2-3-10(7-12)13-15-17-19(16-13)6-5-18-9-11(8-14-18)20(21)22/h2-4,7-9H,5-6H2,1H3. The normalized spacial score (nSPS) is 10.7. The molecule has 2 heterocycles. The molecular formula is C13H13N7O3. The van der Waals surface area contributed by atoms with Crippen molar-refractivity contribution >= 4 is 5.69 Å². The third-order valence-electron chi connectivity index (χ3n) is 3.14. The van der Waals surface area contributed by atoms with Crippen LogP contribution < -0.4 is 4.74 Å². The number of ether oxygens (including phenoxy) is 1. The lowest BCUT2D eigenvalue weighted by Crippen LogP contribution is -2.10. The van der Waals surface area contributed by atoms with Gasteiger partial charge in [-0.2, -0.15) is 9.90 Å². The summed E-state index contributed by atoms with van der Waals surface area (Å²) < 4.78 is 6.63. The van der Waals surface area contributed by atoms with Crippen molar-refractivity contribution in [2.45, 2.75) is 13.1 Å². The van der Waals surface area contributed by atoms with Gasteiger partial charge < -0.3 is 4.74 Å². The van der Waals surface area contributed by atoms with Crippen molar-refractivity contribution in [1.29, 1.82) is 0 Å². The van der Waals surface area contributed by atoms with E-state index in [-0.39, 0.29) is 5.69 Å². The van der Waals surface area contributed by atoms with E-state index in [1.165, 1.54) is 21.9 Å². The van der Waals surface area contributed by atoms with Gasteiger partial charge >= 0.3 is 5.69 Å². The second-order valence-electron chi connectivity index (χ2n) is 4.66. The molecule has 10 heteroatoms. The number of methoxy groups -OCH3 is 1. The first-order valence-corrected chi connectivity index (χ1v) is 6.75. The molecule has 2 aromatic heterocycles. The maximum atomic E-state index is 10.6. The van der Waals surface area contributed by atoms with Gasteiger partial charge in [-0.05, 0) is 17.3 Å². The lowest BCUT2D eigenvalue weighted by molar-refractivity contribution is -0.385. The molecule has 10 nitrogen and oxygen atoms in total. The molecule has 0 unspecified atom stereocenters. The topological polar surface area (TPSA) is 114 Å². The van der Waals surface area contributed by atoms with Crippen LogP contribution in [0.25, 0.3) is 11.4 Å². The number of nitro groups is 1. The van der Waals surface area contributed by atoms with Crippen molar-refractivity contribution in [3.05, 3.63) is 46.8 Å². The zero-order chi connectivity index (χ0) is 16.2. The van der Waals surface area contributed by atoms with Crippen LogP contribution in [0.1, 0.15) is 0 Å². The van der Waals surface area contributed by atoms with E-state index in [0.717, 1.165) is 5.56 Å². The van der Waals surface area contributed by atoms with E-state index in [9.17, 15) is 10.1 Å². The Morgan fingerprint density at radius 3 is 2.96 bits per heavy atom. The van der Waals surface area contributed by atoms with Crippen LogP contribution >= 0.6 is 0 Å². The van der Waals surface area contributed by atoms with Crippen molar-refractivity contribution < 1.29 is 9.66 Å². The summed E-state index contributed by atoms with van der Waals surface area (Å²) in [6, 6.07) is 7.36. The summed E-state index contributed by atoms with van der Waals surface area (Å²) in [5, 5.41) is 26.7. The van der Waals surface area contributed by atoms with Gasteiger partial charge in [0.25, 0.3) is 0 Å². The summed E-state index contributed by atoms with van der Waals surface area (Å²) in [5.41, 5.74) is 0.749. The Labute approximate surface area is 130 Å². The Balaban J connectivity index is 1.68. The molecule has 0 saturated heterocycles. The smallest absolute Gasteiger partial charge is 0.306 e. The number of rotatable bonds is 6. The number of benzene rings is 1. The highest BCUT2D eigenvalue weighted by Crippen LogP contribution is 2.19. The molecule has 118 valence electrons. The molecule has 0 atom stereocenters. The van der Waals surface area contributed by atoms with Crippen LogP contribution in [-0.4, -0.2) is 42.0 Å². The number of nitrogens with zero attached hydrogens (tertiary/aromatic N) is 7. The van der Waals surface area contributed by atoms with Gasteiger partial charge in [-0.1, -0.05) is 12.1 Å². The fraction of sp³-hybridized carbons (Fsp3) is 0.231. The van der Waals surface area contributed by atoms with Gasteiger partial charge in [0, 0.05) is 5.56 Å². The van der Waals surface area contributed by atoms with Crippen molar-refractivity contribution in [2.75, 3.05) is 7.11 Å². The number of aryl methyl sites for hydroxylation is 2. The van der Waals surface area contributed by atoms with Crippen molar-refractivity contribution in [3.8, 4) is 17.1 Å². The minimum Gasteiger partial charge on any atom is -0.497 e. The van der Waals surface area contributed by atoms with Gasteiger partial charge in [-0.15, -0.1) is 10.2 Å². The van der Waals surface area contributed by atoms with E-state index in [1.54, 1.807) is 7.11 Å². The molecule has 0 spiro atoms. The van der Waals surface area contributed by atoms with Crippen LogP contribution in [0, 0.1) is 10.1 Å². The number of hydrogen-bond acceptors (Lipinski definition) is 7. The summed E-state index contributed by atoms with van der Waals surface area (Å²) in [6.45, 7) is 0.803. The third-order valence-corrected chi connectivity index (χ3v) is 3.14. The Kier molecular flexibility index (Phi) is 3.95. The molecule has 0 amide bonds. The SMILES string of the molecule is COc1cccc(-c2nnn(CCn3cc([N+](=O)[O-])cn3)n2)c1. The van der Waals surface area contributed by atoms with Crippen molar-refractivity contribution in [1.82, 2.24) is 30.0 Å². The van der Waals surface area contributed by atoms with Crippen molar-refractivity contribution in [3.63, 3.8) is 0 Å². The summed E-state index contributed by atoms with van der Waals surface area (Å²) >= 11 is 0. The van der Waals surface area contributed by atoms with Crippen LogP contribution in [0.3, 0.4) is 0 Å². The van der Waals surface area contributed by atoms with Gasteiger partial charge in [0.05, 0.1) is 25.1 Å². The molecule has 0 saturated carbocycles. The second-order valence-corrected chi connectivity index (χ2v) is 4.66. The molecule has 0 bridgehead atoms. The fourth-order valence-corrected chi connectivity index (χ4v) is 1.98. The first-order chi connectivity index (χ1) is 11.2. The van der Waals surface area contributed by atoms with Crippen LogP contribution in [-0.2, 0) is 13.1 Å². The lowest BCUT2D eigenvalue weighted by Gasteiger charge is -2.00. The Bertz CT molecular complexity index is 826. The van der Waals surface area contributed by atoms with Crippen LogP contribution in [0.5, 0.6) is 5.75 Å². The molecule has 23 heavy (non-hydrogen) atoms. The predicted molar refractivity (Wildman–Crippen MR) is 78.7 cm³/mol. The molecule has 1 aromatic carbocycles. The molecule has 3 aromatic rings. The predicted octanol–water partition coefficient (Wildman–Crippen LogP) is 1.15. The zero-order valence-corrected chi connectivity index (χ0v) is 12.2. The molecule has 0 aliphatic carbocycles. The molecule has 0 aliphatic rings. The highest BCUT2D eigenvalue weighted by Gasteiger charge is 2.10. The van der Waals surface area contributed by atoms with E-state index >= 15 is 0 Å². The highest BCUT2D eigenvalue weighted by molar-refractivity contribution is 5.56. The van der Waals surface area contributed by atoms with E-state index in [4.69, 9.17) is 4.74 Å². The molecule has 0 fully saturated rings. The van der Waals surface area contributed by atoms with Gasteiger partial charge in [-0.25, -0.2) is 0 Å². The quantitative estimate of drug-likeness (QED) is 0.495. The number of hydrogen-bond donors (Lipinski definition) is 0. The molecular weight excluding hydrogens is 302 g/mol. The van der Waals surface area contributed by atoms with Gasteiger partial charge in [0.2, 0.25) is 5.82 Å². The Morgan fingerprint density at radius 1 is 1.35 bits per heavy atom. The molecule has 3 rings (SSSR count). The van der Waals surface area contributed by atoms with Crippen LogP contribution in [0.15, 0.2) is 36.7 Å². The first-order valence-electron chi connectivity index (χ1n) is 6.75. The molecule has 0 N–H and O–H groups in total. The third kappa shape index (κ3) is 3.31. The minimum absolute atomic E-state index is 0.0476. The largest absolute Gasteiger partial charge is 0.497 e. The van der Waals surface area contributed by atoms with Crippen LogP contribution in [0.4, 0.5) is 5.69 Å². The van der Waals surface area contributed by atoms with Gasteiger partial charge in [0.1, 0.15) is 18.1 Å². The first kappa shape index (κ1) is 14.6. The maximum Gasteiger partial charge on any atom is 0.306 e. The minimum atomic E-state index is -0.488. The van der Waals surface area contributed by atoms with Crippen LogP contribution in [0.2, 0.25) is 0 Å². The average molecular weight is 315 g/mol. The second kappa shape index (κ2) is 6.22. The number of aromatic nitrogens is 6. The van der Waals surface area contributed by atoms with E-state index in [2.05, 4.69) is 20.5 Å².